The van der Waals surface area contributed by atoms with Gasteiger partial charge in [-0.15, -0.1) is 11.6 Å². The Morgan fingerprint density at radius 3 is 2.67 bits per heavy atom. The van der Waals surface area contributed by atoms with Crippen LogP contribution in [0.15, 0.2) is 47.3 Å². The summed E-state index contributed by atoms with van der Waals surface area (Å²) in [5, 5.41) is 27.1. The number of rotatable bonds is 7. The molecule has 0 spiro atoms. The number of nitrogens with zero attached hydrogens (tertiary/aromatic N) is 2. The van der Waals surface area contributed by atoms with Gasteiger partial charge < -0.3 is 20.1 Å². The maximum Gasteiger partial charge on any atom is 0.271 e. The number of amides is 1. The number of hydrogen-bond acceptors (Lipinski definition) is 7. The molecule has 1 aliphatic heterocycles. The lowest BCUT2D eigenvalue weighted by molar-refractivity contribution is -0.117. The first kappa shape index (κ1) is 27.8. The van der Waals surface area contributed by atoms with Gasteiger partial charge in [0, 0.05) is 49.0 Å². The molecule has 1 aliphatic carbocycles. The summed E-state index contributed by atoms with van der Waals surface area (Å²) in [6.45, 7) is 3.10. The van der Waals surface area contributed by atoms with Gasteiger partial charge in [-0.05, 0) is 25.5 Å². The van der Waals surface area contributed by atoms with Gasteiger partial charge in [0.1, 0.15) is 12.4 Å². The van der Waals surface area contributed by atoms with E-state index in [1.54, 1.807) is 6.08 Å². The third-order valence-electron chi connectivity index (χ3n) is 5.90. The first-order chi connectivity index (χ1) is 16.9. The van der Waals surface area contributed by atoms with Gasteiger partial charge in [0.15, 0.2) is 0 Å². The second-order valence-electron chi connectivity index (χ2n) is 8.63. The molecule has 1 aromatic heterocycles. The number of ether oxygens (including phenoxy) is 1. The van der Waals surface area contributed by atoms with Gasteiger partial charge in [0.2, 0.25) is 11.8 Å². The van der Waals surface area contributed by atoms with Crippen LogP contribution in [0.5, 0.6) is 0 Å². The summed E-state index contributed by atoms with van der Waals surface area (Å²) in [5.41, 5.74) is 1.10. The molecule has 1 aromatic rings. The van der Waals surface area contributed by atoms with E-state index in [9.17, 15) is 13.6 Å². The third-order valence-corrected chi connectivity index (χ3v) is 6.52. The minimum atomic E-state index is -3.01. The standard InChI is InChI=1S/C24H27Cl2F2N5O3/c1-3-24(27,28)18-5-4-16(11-23(18,2)26)32-22(35)14-6-8-33(9-7-14)21-17(25)10-15(12-31-21)20(30)36-19(29)13-34/h4-6,10,12,29-30,34H,3,7-9,11,13H2,1-2H3,(H,32,35). The van der Waals surface area contributed by atoms with Crippen LogP contribution in [0.2, 0.25) is 5.02 Å². The molecule has 0 fully saturated rings. The molecule has 0 aromatic carbocycles. The molecule has 0 saturated heterocycles. The molecule has 2 heterocycles. The molecule has 1 atom stereocenters. The predicted molar refractivity (Wildman–Crippen MR) is 135 cm³/mol. The molecule has 0 bridgehead atoms. The zero-order valence-electron chi connectivity index (χ0n) is 19.8. The van der Waals surface area contributed by atoms with Crippen molar-refractivity contribution in [1.29, 1.82) is 10.8 Å². The topological polar surface area (TPSA) is 122 Å². The maximum absolute atomic E-state index is 14.2. The minimum absolute atomic E-state index is 0.0729. The van der Waals surface area contributed by atoms with Crippen LogP contribution in [0, 0.1) is 10.8 Å². The number of hydrogen-bond donors (Lipinski definition) is 4. The monoisotopic (exact) mass is 541 g/mol. The largest absolute Gasteiger partial charge is 0.423 e. The second kappa shape index (κ2) is 11.1. The van der Waals surface area contributed by atoms with Crippen LogP contribution in [-0.4, -0.2) is 58.3 Å². The molecular formula is C24H27Cl2F2N5O3. The number of allylic oxidation sites excluding steroid dienone is 4. The van der Waals surface area contributed by atoms with Crippen molar-refractivity contribution in [3.8, 4) is 0 Å². The summed E-state index contributed by atoms with van der Waals surface area (Å²) in [7, 11) is 0. The fourth-order valence-corrected chi connectivity index (χ4v) is 4.58. The molecule has 2 aliphatic rings. The Morgan fingerprint density at radius 1 is 1.39 bits per heavy atom. The number of nitrogens with one attached hydrogen (secondary N) is 3. The fourth-order valence-electron chi connectivity index (χ4n) is 3.94. The number of aromatic nitrogens is 1. The van der Waals surface area contributed by atoms with Crippen molar-refractivity contribution >= 4 is 46.7 Å². The van der Waals surface area contributed by atoms with E-state index in [1.165, 1.54) is 38.3 Å². The quantitative estimate of drug-likeness (QED) is 0.229. The third kappa shape index (κ3) is 6.29. The van der Waals surface area contributed by atoms with E-state index in [1.807, 2.05) is 4.90 Å². The van der Waals surface area contributed by atoms with Crippen LogP contribution < -0.4 is 10.2 Å². The molecule has 4 N–H and O–H groups in total. The number of alkyl halides is 3. The summed E-state index contributed by atoms with van der Waals surface area (Å²) < 4.78 is 33.3. The Hall–Kier alpha value is -2.82. The van der Waals surface area contributed by atoms with Crippen molar-refractivity contribution in [1.82, 2.24) is 10.3 Å². The lowest BCUT2D eigenvalue weighted by Gasteiger charge is -2.34. The molecule has 0 radical (unpaired) electrons. The highest BCUT2D eigenvalue weighted by molar-refractivity contribution is 6.33. The molecule has 194 valence electrons. The van der Waals surface area contributed by atoms with Crippen molar-refractivity contribution in [2.45, 2.75) is 43.9 Å². The van der Waals surface area contributed by atoms with Crippen LogP contribution in [0.4, 0.5) is 14.6 Å². The normalized spacial score (nSPS) is 20.2. The van der Waals surface area contributed by atoms with Crippen LogP contribution in [-0.2, 0) is 9.53 Å². The van der Waals surface area contributed by atoms with Crippen LogP contribution >= 0.6 is 23.2 Å². The summed E-state index contributed by atoms with van der Waals surface area (Å²) in [6, 6.07) is 1.48. The van der Waals surface area contributed by atoms with E-state index in [2.05, 4.69) is 10.3 Å². The Labute approximate surface area is 217 Å². The van der Waals surface area contributed by atoms with Crippen LogP contribution in [0.1, 0.15) is 38.7 Å². The van der Waals surface area contributed by atoms with Gasteiger partial charge in [-0.25, -0.2) is 13.8 Å². The number of halogens is 4. The van der Waals surface area contributed by atoms with E-state index >= 15 is 0 Å². The molecule has 1 amide bonds. The Kier molecular flexibility index (Phi) is 8.53. The van der Waals surface area contributed by atoms with Gasteiger partial charge in [0.25, 0.3) is 11.8 Å². The smallest absolute Gasteiger partial charge is 0.271 e. The zero-order valence-corrected chi connectivity index (χ0v) is 21.3. The van der Waals surface area contributed by atoms with Crippen molar-refractivity contribution < 1.29 is 23.4 Å². The SMILES string of the molecule is CCC(F)(F)C1=CC=C(NC(=O)C2=CCN(c3ncc(C(=N)OC(=N)CO)cc3Cl)CC2)CC1(C)Cl. The van der Waals surface area contributed by atoms with E-state index in [-0.39, 0.29) is 40.8 Å². The predicted octanol–water partition coefficient (Wildman–Crippen LogP) is 4.56. The number of anilines is 1. The Morgan fingerprint density at radius 2 is 2.11 bits per heavy atom. The Bertz CT molecular complexity index is 1160. The van der Waals surface area contributed by atoms with Crippen molar-refractivity contribution in [3.63, 3.8) is 0 Å². The molecule has 1 unspecified atom stereocenters. The van der Waals surface area contributed by atoms with Gasteiger partial charge >= 0.3 is 0 Å². The summed E-state index contributed by atoms with van der Waals surface area (Å²) in [6.07, 6.45) is 6.01. The Balaban J connectivity index is 1.65. The molecule has 3 rings (SSSR count). The minimum Gasteiger partial charge on any atom is -0.423 e. The highest BCUT2D eigenvalue weighted by atomic mass is 35.5. The molecule has 0 saturated carbocycles. The average molecular weight is 542 g/mol. The summed E-state index contributed by atoms with van der Waals surface area (Å²) in [4.78, 5) is 17.6. The lowest BCUT2D eigenvalue weighted by Crippen LogP contribution is -2.39. The molecule has 12 heteroatoms. The molecule has 36 heavy (non-hydrogen) atoms. The van der Waals surface area contributed by atoms with Crippen molar-refractivity contribution in [2.75, 3.05) is 24.6 Å². The average Bonchev–Trinajstić information content (AvgIpc) is 2.83. The lowest BCUT2D eigenvalue weighted by atomic mass is 9.85. The number of pyridine rings is 1. The van der Waals surface area contributed by atoms with Gasteiger partial charge in [0.05, 0.1) is 15.5 Å². The highest BCUT2D eigenvalue weighted by Gasteiger charge is 2.44. The van der Waals surface area contributed by atoms with Crippen LogP contribution in [0.25, 0.3) is 0 Å². The van der Waals surface area contributed by atoms with E-state index in [4.69, 9.17) is 43.9 Å². The number of carbonyl (C=O) groups is 1. The maximum atomic E-state index is 14.2. The number of aliphatic hydroxyl groups is 1. The first-order valence-corrected chi connectivity index (χ1v) is 12.0. The second-order valence-corrected chi connectivity index (χ2v) is 9.87. The van der Waals surface area contributed by atoms with Crippen molar-refractivity contribution in [3.05, 3.63) is 57.9 Å². The van der Waals surface area contributed by atoms with Crippen molar-refractivity contribution in [2.24, 2.45) is 0 Å². The zero-order chi connectivity index (χ0) is 26.7. The summed E-state index contributed by atoms with van der Waals surface area (Å²) in [5.74, 6) is -3.70. The number of carbonyl (C=O) groups excluding carboxylic acids is 1. The van der Waals surface area contributed by atoms with E-state index < -0.39 is 23.3 Å². The van der Waals surface area contributed by atoms with Gasteiger partial charge in [-0.3, -0.25) is 15.6 Å². The van der Waals surface area contributed by atoms with Gasteiger partial charge in [-0.1, -0.05) is 30.7 Å². The molecule has 8 nitrogen and oxygen atoms in total. The summed E-state index contributed by atoms with van der Waals surface area (Å²) >= 11 is 12.8. The fraction of sp³-hybridized carbons (Fsp3) is 0.417. The molecular weight excluding hydrogens is 515 g/mol. The van der Waals surface area contributed by atoms with Crippen LogP contribution in [0.3, 0.4) is 0 Å². The highest BCUT2D eigenvalue weighted by Crippen LogP contribution is 2.44. The van der Waals surface area contributed by atoms with Gasteiger partial charge in [-0.2, -0.15) is 0 Å². The van der Waals surface area contributed by atoms with E-state index in [0.717, 1.165) is 0 Å². The number of aliphatic hydroxyl groups excluding tert-OH is 1. The first-order valence-electron chi connectivity index (χ1n) is 11.2. The van der Waals surface area contributed by atoms with E-state index in [0.29, 0.717) is 36.6 Å².